The predicted molar refractivity (Wildman–Crippen MR) is 255 cm³/mol. The van der Waals surface area contributed by atoms with E-state index >= 15 is 0 Å². The summed E-state index contributed by atoms with van der Waals surface area (Å²) >= 11 is 0. The van der Waals surface area contributed by atoms with Gasteiger partial charge in [0.05, 0.1) is 11.6 Å². The molecule has 294 valence electrons. The van der Waals surface area contributed by atoms with E-state index in [9.17, 15) is 5.26 Å². The summed E-state index contributed by atoms with van der Waals surface area (Å²) in [6, 6.07) is 77.1. The molecule has 0 aliphatic carbocycles. The summed E-state index contributed by atoms with van der Waals surface area (Å²) in [5.74, 6) is 1.68. The Morgan fingerprint density at radius 1 is 0.317 bits per heavy atom. The van der Waals surface area contributed by atoms with Crippen molar-refractivity contribution < 1.29 is 4.42 Å². The summed E-state index contributed by atoms with van der Waals surface area (Å²) in [5, 5.41) is 11.4. The Hall–Kier alpha value is -8.72. The largest absolute Gasteiger partial charge is 0.456 e. The lowest BCUT2D eigenvalue weighted by atomic mass is 9.96. The van der Waals surface area contributed by atoms with E-state index < -0.39 is 0 Å². The van der Waals surface area contributed by atoms with Gasteiger partial charge < -0.3 is 4.42 Å². The maximum absolute atomic E-state index is 9.29. The normalized spacial score (nSPS) is 11.2. The molecule has 0 saturated heterocycles. The molecule has 0 unspecified atom stereocenters. The molecule has 0 bridgehead atoms. The average molecular weight is 805 g/mol. The molecule has 5 heteroatoms. The standard InChI is InChI=1S/C58H36N4O/c59-37-38-17-19-41(20-18-38)43-23-29-46(30-24-43)56-60-57(47-31-25-44(26-32-47)49-14-7-13-48(35-49)40-11-5-2-6-12-40)62-58(61-56)50-33-34-52-54(36-50)63-53-16-8-15-51(55(52)53)45-27-21-42(22-28-45)39-9-3-1-4-10-39/h1-36H. The van der Waals surface area contributed by atoms with E-state index in [1.165, 1.54) is 22.3 Å². The minimum Gasteiger partial charge on any atom is -0.456 e. The summed E-state index contributed by atoms with van der Waals surface area (Å²) in [6.45, 7) is 0. The van der Waals surface area contributed by atoms with E-state index in [1.54, 1.807) is 0 Å². The molecule has 2 heterocycles. The summed E-state index contributed by atoms with van der Waals surface area (Å²) in [5.41, 5.74) is 16.0. The van der Waals surface area contributed by atoms with Gasteiger partial charge >= 0.3 is 0 Å². The van der Waals surface area contributed by atoms with Crippen LogP contribution in [-0.2, 0) is 0 Å². The van der Waals surface area contributed by atoms with Crippen molar-refractivity contribution in [3.05, 3.63) is 224 Å². The first-order chi connectivity index (χ1) is 31.1. The van der Waals surface area contributed by atoms with Gasteiger partial charge in [-0.3, -0.25) is 0 Å². The van der Waals surface area contributed by atoms with Gasteiger partial charge in [-0.2, -0.15) is 5.26 Å². The van der Waals surface area contributed by atoms with E-state index in [4.69, 9.17) is 19.4 Å². The molecule has 0 spiro atoms. The monoisotopic (exact) mass is 804 g/mol. The van der Waals surface area contributed by atoms with Crippen LogP contribution in [0.5, 0.6) is 0 Å². The van der Waals surface area contributed by atoms with Crippen LogP contribution in [-0.4, -0.2) is 15.0 Å². The highest BCUT2D eigenvalue weighted by Crippen LogP contribution is 2.39. The Morgan fingerprint density at radius 3 is 1.29 bits per heavy atom. The van der Waals surface area contributed by atoms with Crippen LogP contribution in [0.3, 0.4) is 0 Å². The molecule has 63 heavy (non-hydrogen) atoms. The number of fused-ring (bicyclic) bond motifs is 3. The quantitative estimate of drug-likeness (QED) is 0.153. The maximum Gasteiger partial charge on any atom is 0.164 e. The first-order valence-electron chi connectivity index (χ1n) is 20.9. The van der Waals surface area contributed by atoms with Gasteiger partial charge in [-0.05, 0) is 92.0 Å². The fourth-order valence-electron chi connectivity index (χ4n) is 8.31. The number of benzene rings is 9. The third-order valence-corrected chi connectivity index (χ3v) is 11.6. The van der Waals surface area contributed by atoms with Crippen molar-refractivity contribution in [2.45, 2.75) is 0 Å². The first kappa shape index (κ1) is 37.3. The molecule has 5 nitrogen and oxygen atoms in total. The van der Waals surface area contributed by atoms with E-state index in [2.05, 4.69) is 164 Å². The molecule has 0 aliphatic rings. The Labute approximate surface area is 364 Å². The first-order valence-corrected chi connectivity index (χ1v) is 20.9. The summed E-state index contributed by atoms with van der Waals surface area (Å²) in [6.07, 6.45) is 0. The number of furan rings is 1. The number of hydrogen-bond acceptors (Lipinski definition) is 5. The summed E-state index contributed by atoms with van der Waals surface area (Å²) in [4.78, 5) is 15.3. The number of aromatic nitrogens is 3. The molecule has 0 atom stereocenters. The van der Waals surface area contributed by atoms with Gasteiger partial charge in [0.1, 0.15) is 11.2 Å². The SMILES string of the molecule is N#Cc1ccc(-c2ccc(-c3nc(-c4ccc(-c5cccc(-c6ccccc6)c5)cc4)nc(-c4ccc5c(c4)oc4cccc(-c6ccc(-c7ccccc7)cc6)c45)n3)cc2)cc1. The van der Waals surface area contributed by atoms with Crippen molar-refractivity contribution in [1.29, 1.82) is 5.26 Å². The molecule has 2 aromatic heterocycles. The fraction of sp³-hybridized carbons (Fsp3) is 0. The lowest BCUT2D eigenvalue weighted by molar-refractivity contribution is 0.669. The van der Waals surface area contributed by atoms with Crippen LogP contribution < -0.4 is 0 Å². The third-order valence-electron chi connectivity index (χ3n) is 11.6. The van der Waals surface area contributed by atoms with Gasteiger partial charge in [-0.1, -0.05) is 182 Å². The van der Waals surface area contributed by atoms with Crippen molar-refractivity contribution in [2.24, 2.45) is 0 Å². The second kappa shape index (κ2) is 16.0. The summed E-state index contributed by atoms with van der Waals surface area (Å²) in [7, 11) is 0. The molecule has 0 N–H and O–H groups in total. The smallest absolute Gasteiger partial charge is 0.164 e. The molecule has 0 radical (unpaired) electrons. The number of nitriles is 1. The van der Waals surface area contributed by atoms with Crippen molar-refractivity contribution in [3.63, 3.8) is 0 Å². The average Bonchev–Trinajstić information content (AvgIpc) is 3.75. The highest BCUT2D eigenvalue weighted by Gasteiger charge is 2.17. The van der Waals surface area contributed by atoms with Crippen LogP contribution in [0.2, 0.25) is 0 Å². The van der Waals surface area contributed by atoms with Gasteiger partial charge in [0.15, 0.2) is 17.5 Å². The maximum atomic E-state index is 9.29. The predicted octanol–water partition coefficient (Wildman–Crippen LogP) is 15.0. The van der Waals surface area contributed by atoms with Crippen LogP contribution in [0.15, 0.2) is 223 Å². The van der Waals surface area contributed by atoms with Crippen LogP contribution >= 0.6 is 0 Å². The minimum absolute atomic E-state index is 0.546. The van der Waals surface area contributed by atoms with Gasteiger partial charge in [-0.25, -0.2) is 15.0 Å². The van der Waals surface area contributed by atoms with E-state index in [-0.39, 0.29) is 0 Å². The molecular weight excluding hydrogens is 769 g/mol. The van der Waals surface area contributed by atoms with Crippen molar-refractivity contribution >= 4 is 21.9 Å². The lowest BCUT2D eigenvalue weighted by Crippen LogP contribution is -2.00. The second-order valence-electron chi connectivity index (χ2n) is 15.5. The topological polar surface area (TPSA) is 75.6 Å². The number of nitrogens with zero attached hydrogens (tertiary/aromatic N) is 4. The van der Waals surface area contributed by atoms with E-state index in [0.29, 0.717) is 23.0 Å². The zero-order valence-corrected chi connectivity index (χ0v) is 34.0. The van der Waals surface area contributed by atoms with Crippen molar-refractivity contribution in [3.8, 4) is 95.9 Å². The highest BCUT2D eigenvalue weighted by atomic mass is 16.3. The third kappa shape index (κ3) is 7.33. The highest BCUT2D eigenvalue weighted by molar-refractivity contribution is 6.13. The molecule has 0 saturated carbocycles. The molecule has 0 amide bonds. The Kier molecular flexibility index (Phi) is 9.50. The lowest BCUT2D eigenvalue weighted by Gasteiger charge is -2.10. The molecule has 9 aromatic carbocycles. The minimum atomic E-state index is 0.546. The second-order valence-corrected chi connectivity index (χ2v) is 15.5. The molecule has 11 rings (SSSR count). The van der Waals surface area contributed by atoms with Crippen LogP contribution in [0.4, 0.5) is 0 Å². The number of hydrogen-bond donors (Lipinski definition) is 0. The molecular formula is C58H36N4O. The van der Waals surface area contributed by atoms with Crippen LogP contribution in [0.25, 0.3) is 112 Å². The van der Waals surface area contributed by atoms with Crippen molar-refractivity contribution in [1.82, 2.24) is 15.0 Å². The van der Waals surface area contributed by atoms with Gasteiger partial charge in [-0.15, -0.1) is 0 Å². The van der Waals surface area contributed by atoms with Crippen LogP contribution in [0.1, 0.15) is 5.56 Å². The van der Waals surface area contributed by atoms with Gasteiger partial charge in [0, 0.05) is 27.5 Å². The van der Waals surface area contributed by atoms with E-state index in [0.717, 1.165) is 72.0 Å². The summed E-state index contributed by atoms with van der Waals surface area (Å²) < 4.78 is 6.57. The van der Waals surface area contributed by atoms with Crippen LogP contribution in [0, 0.1) is 11.3 Å². The Bertz CT molecular complexity index is 3460. The molecule has 0 fully saturated rings. The molecule has 11 aromatic rings. The zero-order chi connectivity index (χ0) is 42.1. The Balaban J connectivity index is 0.977. The van der Waals surface area contributed by atoms with Gasteiger partial charge in [0.25, 0.3) is 0 Å². The zero-order valence-electron chi connectivity index (χ0n) is 34.0. The molecule has 0 aliphatic heterocycles. The van der Waals surface area contributed by atoms with Gasteiger partial charge in [0.2, 0.25) is 0 Å². The fourth-order valence-corrected chi connectivity index (χ4v) is 8.31. The van der Waals surface area contributed by atoms with E-state index in [1.807, 2.05) is 60.7 Å². The Morgan fingerprint density at radius 2 is 0.730 bits per heavy atom. The number of rotatable bonds is 8. The van der Waals surface area contributed by atoms with Crippen molar-refractivity contribution in [2.75, 3.05) is 0 Å².